The van der Waals surface area contributed by atoms with Crippen molar-refractivity contribution in [3.63, 3.8) is 0 Å². The minimum atomic E-state index is -0.433. The van der Waals surface area contributed by atoms with Crippen molar-refractivity contribution in [2.24, 2.45) is 0 Å². The molecule has 2 aliphatic rings. The van der Waals surface area contributed by atoms with Gasteiger partial charge in [0.15, 0.2) is 0 Å². The van der Waals surface area contributed by atoms with Crippen LogP contribution in [0.25, 0.3) is 10.9 Å². The molecule has 2 heterocycles. The Morgan fingerprint density at radius 1 is 1.40 bits per heavy atom. The Hall–Kier alpha value is -2.98. The molecule has 0 aromatic heterocycles. The van der Waals surface area contributed by atoms with Gasteiger partial charge in [0.05, 0.1) is 12.6 Å². The van der Waals surface area contributed by atoms with E-state index in [1.807, 2.05) is 32.1 Å². The average Bonchev–Trinajstić information content (AvgIpc) is 2.93. The molecule has 4 heteroatoms. The van der Waals surface area contributed by atoms with Gasteiger partial charge in [-0.1, -0.05) is 12.1 Å². The molecule has 3 rings (SSSR count). The topological polar surface area (TPSA) is 40.6 Å². The van der Waals surface area contributed by atoms with Crippen LogP contribution in [0.15, 0.2) is 47.4 Å². The van der Waals surface area contributed by atoms with E-state index in [0.717, 1.165) is 24.1 Å². The van der Waals surface area contributed by atoms with Crippen LogP contribution < -0.4 is 4.90 Å². The van der Waals surface area contributed by atoms with Gasteiger partial charge in [-0.05, 0) is 61.3 Å². The molecule has 0 unspecified atom stereocenters. The number of hydrogen-bond acceptors (Lipinski definition) is 3. The first-order valence-electron chi connectivity index (χ1n) is 8.35. The second-order valence-electron chi connectivity index (χ2n) is 7.08. The molecule has 0 amide bonds. The van der Waals surface area contributed by atoms with E-state index in [1.165, 1.54) is 11.3 Å². The lowest BCUT2D eigenvalue weighted by Gasteiger charge is -2.32. The number of allylic oxidation sites excluding steroid dienone is 3. The second kappa shape index (κ2) is 6.49. The van der Waals surface area contributed by atoms with Crippen LogP contribution in [0.5, 0.6) is 0 Å². The lowest BCUT2D eigenvalue weighted by Crippen LogP contribution is -2.27. The predicted molar refractivity (Wildman–Crippen MR) is 99.6 cm³/mol. The highest BCUT2D eigenvalue weighted by Crippen LogP contribution is 2.33. The molecule has 4 nitrogen and oxygen atoms in total. The van der Waals surface area contributed by atoms with Crippen molar-refractivity contribution in [1.29, 1.82) is 5.26 Å². The van der Waals surface area contributed by atoms with Crippen molar-refractivity contribution in [1.82, 2.24) is 0 Å². The zero-order valence-corrected chi connectivity index (χ0v) is 14.8. The Balaban J connectivity index is 1.89. The first kappa shape index (κ1) is 16.9. The standard InChI is InChI=1S/C21H21N3O/c1-21(2)13-17(19(14-22)23-3)12-18(25-21)7-5-15-6-8-20-16(11-15)9-10-24(20)4/h5-8,11-12H,9-10,13H2,1-2,4H3. The molecule has 0 spiro atoms. The van der Waals surface area contributed by atoms with Gasteiger partial charge in [-0.25, -0.2) is 10.1 Å². The summed E-state index contributed by atoms with van der Waals surface area (Å²) in [4.78, 5) is 5.60. The third kappa shape index (κ3) is 3.59. The Labute approximate surface area is 149 Å². The predicted octanol–water partition coefficient (Wildman–Crippen LogP) is 4.47. The molecule has 0 N–H and O–H groups in total. The highest BCUT2D eigenvalue weighted by Gasteiger charge is 2.27. The van der Waals surface area contributed by atoms with Crippen molar-refractivity contribution in [2.45, 2.75) is 32.3 Å². The van der Waals surface area contributed by atoms with E-state index in [-0.39, 0.29) is 5.70 Å². The maximum atomic E-state index is 9.14. The van der Waals surface area contributed by atoms with Gasteiger partial charge < -0.3 is 9.64 Å². The fourth-order valence-corrected chi connectivity index (χ4v) is 3.34. The van der Waals surface area contributed by atoms with Gasteiger partial charge in [0.2, 0.25) is 0 Å². The number of hydrogen-bond donors (Lipinski definition) is 0. The minimum absolute atomic E-state index is 0.142. The quantitative estimate of drug-likeness (QED) is 0.593. The fourth-order valence-electron chi connectivity index (χ4n) is 3.34. The molecule has 126 valence electrons. The van der Waals surface area contributed by atoms with Gasteiger partial charge >= 0.3 is 0 Å². The normalized spacial score (nSPS) is 20.4. The first-order valence-corrected chi connectivity index (χ1v) is 8.35. The van der Waals surface area contributed by atoms with Gasteiger partial charge in [-0.2, -0.15) is 0 Å². The molecule has 25 heavy (non-hydrogen) atoms. The highest BCUT2D eigenvalue weighted by atomic mass is 16.5. The van der Waals surface area contributed by atoms with Crippen molar-refractivity contribution in [3.8, 4) is 6.07 Å². The van der Waals surface area contributed by atoms with Crippen LogP contribution in [-0.4, -0.2) is 19.2 Å². The zero-order chi connectivity index (χ0) is 18.0. The van der Waals surface area contributed by atoms with E-state index >= 15 is 0 Å². The molecular formula is C21H21N3O. The lowest BCUT2D eigenvalue weighted by molar-refractivity contribution is 0.0356. The number of fused-ring (bicyclic) bond motifs is 1. The molecule has 0 saturated heterocycles. The smallest absolute Gasteiger partial charge is 0.265 e. The number of benzene rings is 1. The van der Waals surface area contributed by atoms with E-state index in [4.69, 9.17) is 16.6 Å². The lowest BCUT2D eigenvalue weighted by atomic mass is 9.93. The average molecular weight is 331 g/mol. The summed E-state index contributed by atoms with van der Waals surface area (Å²) >= 11 is 0. The van der Waals surface area contributed by atoms with Crippen LogP contribution in [0.1, 0.15) is 31.4 Å². The Morgan fingerprint density at radius 3 is 2.92 bits per heavy atom. The van der Waals surface area contributed by atoms with Gasteiger partial charge in [0.25, 0.3) is 5.70 Å². The van der Waals surface area contributed by atoms with Crippen LogP contribution in [0.4, 0.5) is 5.69 Å². The third-order valence-corrected chi connectivity index (χ3v) is 4.52. The van der Waals surface area contributed by atoms with E-state index in [1.54, 1.807) is 6.08 Å². The molecule has 2 aliphatic heterocycles. The number of ether oxygens (including phenoxy) is 1. The van der Waals surface area contributed by atoms with Crippen LogP contribution in [0.3, 0.4) is 0 Å². The summed E-state index contributed by atoms with van der Waals surface area (Å²) in [6.07, 6.45) is 7.37. The maximum Gasteiger partial charge on any atom is 0.265 e. The van der Waals surface area contributed by atoms with E-state index < -0.39 is 5.60 Å². The number of nitrogens with zero attached hydrogens (tertiary/aromatic N) is 3. The Morgan fingerprint density at radius 2 is 2.20 bits per heavy atom. The zero-order valence-electron chi connectivity index (χ0n) is 14.8. The number of rotatable bonds is 2. The maximum absolute atomic E-state index is 9.14. The third-order valence-electron chi connectivity index (χ3n) is 4.52. The van der Waals surface area contributed by atoms with Crippen LogP contribution in [0, 0.1) is 17.9 Å². The summed E-state index contributed by atoms with van der Waals surface area (Å²) < 4.78 is 5.99. The second-order valence-corrected chi connectivity index (χ2v) is 7.08. The van der Waals surface area contributed by atoms with E-state index in [9.17, 15) is 0 Å². The van der Waals surface area contributed by atoms with Crippen molar-refractivity contribution < 1.29 is 4.74 Å². The van der Waals surface area contributed by atoms with Crippen molar-refractivity contribution in [3.05, 3.63) is 69.9 Å². The number of likely N-dealkylation sites (N-methyl/N-ethyl adjacent to an activating group) is 1. The summed E-state index contributed by atoms with van der Waals surface area (Å²) in [5.74, 6) is 0.681. The molecule has 1 aromatic rings. The largest absolute Gasteiger partial charge is 0.488 e. The number of anilines is 1. The van der Waals surface area contributed by atoms with Crippen LogP contribution in [-0.2, 0) is 11.2 Å². The summed E-state index contributed by atoms with van der Waals surface area (Å²) in [6, 6.07) is 8.44. The fraction of sp³-hybridized carbons (Fsp3) is 0.333. The first-order chi connectivity index (χ1) is 11.9. The van der Waals surface area contributed by atoms with Gasteiger partial charge in [0.1, 0.15) is 11.4 Å². The summed E-state index contributed by atoms with van der Waals surface area (Å²) in [5.41, 5.74) is 4.23. The van der Waals surface area contributed by atoms with Crippen LogP contribution >= 0.6 is 0 Å². The summed E-state index contributed by atoms with van der Waals surface area (Å²) in [6.45, 7) is 12.2. The summed E-state index contributed by atoms with van der Waals surface area (Å²) in [5, 5.41) is 9.14. The Kier molecular flexibility index (Phi) is 4.38. The highest BCUT2D eigenvalue weighted by molar-refractivity contribution is 5.64. The molecule has 0 aliphatic carbocycles. The molecule has 0 atom stereocenters. The van der Waals surface area contributed by atoms with Gasteiger partial charge in [-0.3, -0.25) is 0 Å². The van der Waals surface area contributed by atoms with E-state index in [2.05, 4.69) is 35.0 Å². The van der Waals surface area contributed by atoms with E-state index in [0.29, 0.717) is 12.2 Å². The van der Waals surface area contributed by atoms with Gasteiger partial charge in [-0.15, -0.1) is 0 Å². The summed E-state index contributed by atoms with van der Waals surface area (Å²) in [7, 11) is 2.11. The van der Waals surface area contributed by atoms with Gasteiger partial charge in [0, 0.05) is 25.7 Å². The Bertz CT molecular complexity index is 859. The monoisotopic (exact) mass is 331 g/mol. The van der Waals surface area contributed by atoms with Crippen molar-refractivity contribution >= 4 is 11.8 Å². The van der Waals surface area contributed by atoms with Crippen molar-refractivity contribution in [2.75, 3.05) is 18.5 Å². The minimum Gasteiger partial charge on any atom is -0.488 e. The molecule has 0 radical (unpaired) electrons. The van der Waals surface area contributed by atoms with Crippen LogP contribution in [0.2, 0.25) is 0 Å². The molecule has 0 bridgehead atoms. The molecule has 0 saturated carbocycles. The molecular weight excluding hydrogens is 310 g/mol. The molecule has 1 aromatic carbocycles. The SMILES string of the molecule is [C-]#[N+]C(C#N)=C1C=C(C=Cc2ccc3c(c2)CCN3C)OC(C)(C)C1. The molecule has 0 fully saturated rings. The number of nitriles is 1.